The third-order valence-corrected chi connectivity index (χ3v) is 6.35. The van der Waals surface area contributed by atoms with E-state index in [2.05, 4.69) is 20.2 Å². The van der Waals surface area contributed by atoms with Crippen LogP contribution >= 0.6 is 22.7 Å². The van der Waals surface area contributed by atoms with Gasteiger partial charge in [-0.05, 0) is 45.0 Å². The molecule has 1 N–H and O–H groups in total. The van der Waals surface area contributed by atoms with Gasteiger partial charge in [-0.2, -0.15) is 0 Å². The summed E-state index contributed by atoms with van der Waals surface area (Å²) in [6.45, 7) is 4.88. The zero-order valence-electron chi connectivity index (χ0n) is 15.2. The quantitative estimate of drug-likeness (QED) is 0.691. The number of hydrogen-bond donors (Lipinski definition) is 1. The molecule has 1 aromatic carbocycles. The molecule has 27 heavy (non-hydrogen) atoms. The first kappa shape index (κ1) is 18.3. The van der Waals surface area contributed by atoms with Crippen molar-refractivity contribution in [3.8, 4) is 11.3 Å². The fraction of sp³-hybridized carbons (Fsp3) is 0.350. The van der Waals surface area contributed by atoms with Crippen LogP contribution in [0, 0.1) is 12.8 Å². The summed E-state index contributed by atoms with van der Waals surface area (Å²) in [6.07, 6.45) is 3.76. The minimum atomic E-state index is 0.0763. The third-order valence-electron chi connectivity index (χ3n) is 4.87. The van der Waals surface area contributed by atoms with Gasteiger partial charge < -0.3 is 5.32 Å². The highest BCUT2D eigenvalue weighted by Gasteiger charge is 2.25. The average molecular weight is 399 g/mol. The van der Waals surface area contributed by atoms with E-state index in [0.29, 0.717) is 0 Å². The van der Waals surface area contributed by atoms with Crippen molar-refractivity contribution in [1.29, 1.82) is 0 Å². The first-order valence-electron chi connectivity index (χ1n) is 9.10. The van der Waals surface area contributed by atoms with Crippen LogP contribution in [0.5, 0.6) is 0 Å². The van der Waals surface area contributed by atoms with Gasteiger partial charge in [0, 0.05) is 40.2 Å². The number of rotatable bonds is 5. The zero-order chi connectivity index (χ0) is 18.6. The largest absolute Gasteiger partial charge is 0.326 e. The van der Waals surface area contributed by atoms with Crippen molar-refractivity contribution in [3.05, 3.63) is 51.2 Å². The Balaban J connectivity index is 1.31. The Bertz CT molecular complexity index is 898. The molecule has 0 radical (unpaired) electrons. The van der Waals surface area contributed by atoms with Crippen molar-refractivity contribution >= 4 is 34.3 Å². The highest BCUT2D eigenvalue weighted by Crippen LogP contribution is 2.25. The van der Waals surface area contributed by atoms with Crippen LogP contribution in [0.2, 0.25) is 0 Å². The van der Waals surface area contributed by atoms with Gasteiger partial charge in [0.25, 0.3) is 0 Å². The standard InChI is InChI=1S/C20H22N4OS2/c1-14-21-10-18(27-14)11-24-7-5-15(6-8-24)20(25)23-17-4-2-3-16(9-17)19-12-26-13-22-19/h2-4,9-10,12-13,15H,5-8,11H2,1H3,(H,23,25). The van der Waals surface area contributed by atoms with E-state index in [1.165, 1.54) is 4.88 Å². The van der Waals surface area contributed by atoms with Crippen molar-refractivity contribution in [2.75, 3.05) is 18.4 Å². The lowest BCUT2D eigenvalue weighted by Gasteiger charge is -2.30. The van der Waals surface area contributed by atoms with Gasteiger partial charge in [0.15, 0.2) is 0 Å². The Kier molecular flexibility index (Phi) is 5.61. The van der Waals surface area contributed by atoms with Crippen LogP contribution < -0.4 is 5.32 Å². The summed E-state index contributed by atoms with van der Waals surface area (Å²) >= 11 is 3.33. The van der Waals surface area contributed by atoms with Gasteiger partial charge in [0.2, 0.25) is 5.91 Å². The van der Waals surface area contributed by atoms with Gasteiger partial charge in [0.05, 0.1) is 16.2 Å². The second-order valence-corrected chi connectivity index (χ2v) is 8.88. The van der Waals surface area contributed by atoms with E-state index >= 15 is 0 Å². The first-order chi connectivity index (χ1) is 13.2. The Morgan fingerprint density at radius 1 is 1.30 bits per heavy atom. The molecule has 0 saturated carbocycles. The summed E-state index contributed by atoms with van der Waals surface area (Å²) in [5.74, 6) is 0.200. The molecular weight excluding hydrogens is 376 g/mol. The molecule has 5 nitrogen and oxygen atoms in total. The number of amides is 1. The molecule has 1 fully saturated rings. The number of carbonyl (C=O) groups excluding carboxylic acids is 1. The molecule has 1 aliphatic rings. The Labute approximate surface area is 167 Å². The number of aryl methyl sites for hydroxylation is 1. The molecule has 0 bridgehead atoms. The molecule has 0 unspecified atom stereocenters. The Hall–Kier alpha value is -2.09. The number of thiazole rings is 2. The van der Waals surface area contributed by atoms with Crippen molar-refractivity contribution in [2.45, 2.75) is 26.3 Å². The topological polar surface area (TPSA) is 58.1 Å². The second-order valence-electron chi connectivity index (χ2n) is 6.84. The maximum Gasteiger partial charge on any atom is 0.227 e. The predicted molar refractivity (Wildman–Crippen MR) is 111 cm³/mol. The molecule has 0 spiro atoms. The number of carbonyl (C=O) groups is 1. The monoisotopic (exact) mass is 398 g/mol. The van der Waals surface area contributed by atoms with Crippen LogP contribution in [-0.2, 0) is 11.3 Å². The maximum absolute atomic E-state index is 12.7. The molecule has 0 aliphatic carbocycles. The average Bonchev–Trinajstić information content (AvgIpc) is 3.35. The smallest absolute Gasteiger partial charge is 0.227 e. The summed E-state index contributed by atoms with van der Waals surface area (Å²) in [7, 11) is 0. The molecule has 1 aliphatic heterocycles. The number of piperidine rings is 1. The molecule has 7 heteroatoms. The van der Waals surface area contributed by atoms with E-state index in [1.807, 2.05) is 48.3 Å². The van der Waals surface area contributed by atoms with Crippen LogP contribution in [0.15, 0.2) is 41.4 Å². The van der Waals surface area contributed by atoms with Crippen LogP contribution in [0.1, 0.15) is 22.7 Å². The van der Waals surface area contributed by atoms with Gasteiger partial charge in [0.1, 0.15) is 0 Å². The zero-order valence-corrected chi connectivity index (χ0v) is 16.9. The van der Waals surface area contributed by atoms with E-state index in [1.54, 1.807) is 22.7 Å². The van der Waals surface area contributed by atoms with Crippen LogP contribution in [-0.4, -0.2) is 33.9 Å². The normalized spacial score (nSPS) is 15.7. The molecule has 1 amide bonds. The summed E-state index contributed by atoms with van der Waals surface area (Å²) in [6, 6.07) is 7.91. The minimum absolute atomic E-state index is 0.0763. The number of benzene rings is 1. The Morgan fingerprint density at radius 3 is 2.85 bits per heavy atom. The number of nitrogens with one attached hydrogen (secondary N) is 1. The lowest BCUT2D eigenvalue weighted by molar-refractivity contribution is -0.121. The fourth-order valence-corrected chi connectivity index (χ4v) is 4.81. The number of nitrogens with zero attached hydrogens (tertiary/aromatic N) is 3. The SMILES string of the molecule is Cc1ncc(CN2CCC(C(=O)Nc3cccc(-c4cscn4)c3)CC2)s1. The van der Waals surface area contributed by atoms with E-state index in [9.17, 15) is 4.79 Å². The first-order valence-corrected chi connectivity index (χ1v) is 10.9. The van der Waals surface area contributed by atoms with Crippen LogP contribution in [0.3, 0.4) is 0 Å². The van der Waals surface area contributed by atoms with E-state index in [0.717, 1.165) is 54.4 Å². The van der Waals surface area contributed by atoms with Crippen molar-refractivity contribution in [3.63, 3.8) is 0 Å². The van der Waals surface area contributed by atoms with Gasteiger partial charge in [-0.1, -0.05) is 12.1 Å². The summed E-state index contributed by atoms with van der Waals surface area (Å²) in [5.41, 5.74) is 4.64. The summed E-state index contributed by atoms with van der Waals surface area (Å²) in [4.78, 5) is 25.1. The van der Waals surface area contributed by atoms with Crippen molar-refractivity contribution in [1.82, 2.24) is 14.9 Å². The van der Waals surface area contributed by atoms with E-state index in [-0.39, 0.29) is 11.8 Å². The summed E-state index contributed by atoms with van der Waals surface area (Å²) in [5, 5.41) is 6.22. The van der Waals surface area contributed by atoms with E-state index < -0.39 is 0 Å². The minimum Gasteiger partial charge on any atom is -0.326 e. The lowest BCUT2D eigenvalue weighted by atomic mass is 9.95. The lowest BCUT2D eigenvalue weighted by Crippen LogP contribution is -2.37. The van der Waals surface area contributed by atoms with Gasteiger partial charge in [-0.15, -0.1) is 22.7 Å². The highest BCUT2D eigenvalue weighted by molar-refractivity contribution is 7.11. The molecule has 4 rings (SSSR count). The molecule has 3 heterocycles. The maximum atomic E-state index is 12.7. The molecule has 2 aromatic heterocycles. The number of anilines is 1. The van der Waals surface area contributed by atoms with Gasteiger partial charge in [-0.25, -0.2) is 9.97 Å². The second kappa shape index (κ2) is 8.29. The van der Waals surface area contributed by atoms with Crippen molar-refractivity contribution < 1.29 is 4.79 Å². The number of likely N-dealkylation sites (tertiary alicyclic amines) is 1. The van der Waals surface area contributed by atoms with Crippen LogP contribution in [0.4, 0.5) is 5.69 Å². The van der Waals surface area contributed by atoms with Gasteiger partial charge >= 0.3 is 0 Å². The molecule has 1 saturated heterocycles. The highest BCUT2D eigenvalue weighted by atomic mass is 32.1. The third kappa shape index (κ3) is 4.61. The number of hydrogen-bond acceptors (Lipinski definition) is 6. The van der Waals surface area contributed by atoms with Crippen molar-refractivity contribution in [2.24, 2.45) is 5.92 Å². The Morgan fingerprint density at radius 2 is 2.15 bits per heavy atom. The van der Waals surface area contributed by atoms with E-state index in [4.69, 9.17) is 0 Å². The van der Waals surface area contributed by atoms with Gasteiger partial charge in [-0.3, -0.25) is 9.69 Å². The van der Waals surface area contributed by atoms with Crippen LogP contribution in [0.25, 0.3) is 11.3 Å². The molecule has 0 atom stereocenters. The molecule has 140 valence electrons. The predicted octanol–water partition coefficient (Wildman–Crippen LogP) is 4.43. The molecular formula is C20H22N4OS2. The fourth-order valence-electron chi connectivity index (χ4n) is 3.41. The number of aromatic nitrogens is 2. The molecule has 3 aromatic rings. The summed E-state index contributed by atoms with van der Waals surface area (Å²) < 4.78 is 0.